The lowest BCUT2D eigenvalue weighted by Gasteiger charge is -2.16. The summed E-state index contributed by atoms with van der Waals surface area (Å²) < 4.78 is 14.8. The number of hydroxylamine groups is 2. The molecule has 1 aliphatic rings. The van der Waals surface area contributed by atoms with E-state index in [1.165, 1.54) is 30.3 Å². The highest BCUT2D eigenvalue weighted by molar-refractivity contribution is 14.1. The van der Waals surface area contributed by atoms with E-state index in [1.807, 2.05) is 28.7 Å². The lowest BCUT2D eigenvalue weighted by Crippen LogP contribution is -2.31. The summed E-state index contributed by atoms with van der Waals surface area (Å²) in [6.07, 6.45) is 0.122. The van der Waals surface area contributed by atoms with Crippen LogP contribution < -0.4 is 5.32 Å². The number of halogens is 2. The first-order chi connectivity index (χ1) is 12.0. The summed E-state index contributed by atoms with van der Waals surface area (Å²) in [6.45, 7) is 0.134. The van der Waals surface area contributed by atoms with Gasteiger partial charge in [-0.05, 0) is 59.0 Å². The Morgan fingerprint density at radius 3 is 2.72 bits per heavy atom. The summed E-state index contributed by atoms with van der Waals surface area (Å²) in [6, 6.07) is 10.8. The van der Waals surface area contributed by atoms with E-state index in [0.29, 0.717) is 10.6 Å². The van der Waals surface area contributed by atoms with E-state index in [1.54, 1.807) is 6.07 Å². The number of benzene rings is 2. The van der Waals surface area contributed by atoms with Crippen molar-refractivity contribution in [2.24, 2.45) is 0 Å². The van der Waals surface area contributed by atoms with Gasteiger partial charge in [0.05, 0.1) is 41.6 Å². The second kappa shape index (κ2) is 7.16. The summed E-state index contributed by atoms with van der Waals surface area (Å²) in [7, 11) is 0. The molecular formula is C17H11FIN3O3. The molecule has 2 aromatic carbocycles. The van der Waals surface area contributed by atoms with Crippen LogP contribution in [0.4, 0.5) is 15.8 Å². The molecule has 0 radical (unpaired) electrons. The number of amides is 2. The molecule has 1 N–H and O–H groups in total. The van der Waals surface area contributed by atoms with Crippen molar-refractivity contribution >= 4 is 45.8 Å². The van der Waals surface area contributed by atoms with Crippen LogP contribution in [0, 0.1) is 20.7 Å². The summed E-state index contributed by atoms with van der Waals surface area (Å²) in [4.78, 5) is 29.3. The van der Waals surface area contributed by atoms with E-state index in [2.05, 4.69) is 5.32 Å². The van der Waals surface area contributed by atoms with Crippen molar-refractivity contribution in [1.29, 1.82) is 5.26 Å². The highest BCUT2D eigenvalue weighted by Gasteiger charge is 2.30. The number of anilines is 2. The number of nitrogens with zero attached hydrogens (tertiary/aromatic N) is 2. The van der Waals surface area contributed by atoms with E-state index in [4.69, 9.17) is 10.1 Å². The Bertz CT molecular complexity index is 910. The first kappa shape index (κ1) is 17.3. The molecule has 8 heteroatoms. The molecule has 2 aromatic rings. The minimum absolute atomic E-state index is 0.104. The number of rotatable bonds is 3. The normalized spacial score (nSPS) is 13.6. The van der Waals surface area contributed by atoms with Crippen molar-refractivity contribution in [2.75, 3.05) is 11.9 Å². The molecule has 25 heavy (non-hydrogen) atoms. The van der Waals surface area contributed by atoms with Crippen LogP contribution in [0.2, 0.25) is 0 Å². The Balaban J connectivity index is 2.00. The summed E-state index contributed by atoms with van der Waals surface area (Å²) >= 11 is 1.98. The van der Waals surface area contributed by atoms with Gasteiger partial charge in [-0.3, -0.25) is 14.4 Å². The summed E-state index contributed by atoms with van der Waals surface area (Å²) in [5.74, 6) is -1.61. The number of carbonyl (C=O) groups is 2. The molecule has 0 spiro atoms. The predicted molar refractivity (Wildman–Crippen MR) is 95.3 cm³/mol. The molecule has 0 bridgehead atoms. The van der Waals surface area contributed by atoms with Crippen LogP contribution in [-0.2, 0) is 9.63 Å². The van der Waals surface area contributed by atoms with Crippen LogP contribution in [0.25, 0.3) is 0 Å². The van der Waals surface area contributed by atoms with Gasteiger partial charge in [-0.15, -0.1) is 5.06 Å². The van der Waals surface area contributed by atoms with Crippen LogP contribution in [0.5, 0.6) is 0 Å². The lowest BCUT2D eigenvalue weighted by atomic mass is 10.1. The Labute approximate surface area is 156 Å². The fourth-order valence-electron chi connectivity index (χ4n) is 2.32. The van der Waals surface area contributed by atoms with Crippen molar-refractivity contribution in [3.63, 3.8) is 0 Å². The minimum Gasteiger partial charge on any atom is -0.352 e. The van der Waals surface area contributed by atoms with Gasteiger partial charge in [0.1, 0.15) is 5.82 Å². The quantitative estimate of drug-likeness (QED) is 0.572. The fourth-order valence-corrected chi connectivity index (χ4v) is 2.77. The molecule has 2 amide bonds. The first-order valence-electron chi connectivity index (χ1n) is 7.26. The van der Waals surface area contributed by atoms with Crippen molar-refractivity contribution in [3.8, 4) is 6.07 Å². The van der Waals surface area contributed by atoms with Crippen molar-refractivity contribution in [1.82, 2.24) is 5.06 Å². The van der Waals surface area contributed by atoms with Crippen LogP contribution >= 0.6 is 22.6 Å². The van der Waals surface area contributed by atoms with E-state index < -0.39 is 17.6 Å². The number of hydrogen-bond donors (Lipinski definition) is 1. The van der Waals surface area contributed by atoms with Crippen LogP contribution in [0.3, 0.4) is 0 Å². The first-order valence-corrected chi connectivity index (χ1v) is 8.34. The molecule has 126 valence electrons. The van der Waals surface area contributed by atoms with Crippen LogP contribution in [-0.4, -0.2) is 23.5 Å². The lowest BCUT2D eigenvalue weighted by molar-refractivity contribution is -0.148. The molecule has 0 atom stereocenters. The number of nitrogens with one attached hydrogen (secondary N) is 1. The van der Waals surface area contributed by atoms with Crippen molar-refractivity contribution < 1.29 is 18.8 Å². The van der Waals surface area contributed by atoms with Gasteiger partial charge in [0.25, 0.3) is 11.8 Å². The summed E-state index contributed by atoms with van der Waals surface area (Å²) in [5.41, 5.74) is 0.761. The zero-order valence-corrected chi connectivity index (χ0v) is 14.9. The number of hydrogen-bond acceptors (Lipinski definition) is 5. The smallest absolute Gasteiger partial charge is 0.286 e. The molecule has 3 rings (SSSR count). The topological polar surface area (TPSA) is 82.4 Å². The zero-order valence-electron chi connectivity index (χ0n) is 12.8. The van der Waals surface area contributed by atoms with Gasteiger partial charge in [0.2, 0.25) is 0 Å². The average molecular weight is 451 g/mol. The number of imide groups is 1. The van der Waals surface area contributed by atoms with E-state index in [-0.39, 0.29) is 30.0 Å². The highest BCUT2D eigenvalue weighted by atomic mass is 127. The SMILES string of the molecule is N#Cc1ccc(C(=O)N2OCCC2=O)c(Nc2ccc(I)cc2F)c1. The van der Waals surface area contributed by atoms with Crippen molar-refractivity contribution in [2.45, 2.75) is 6.42 Å². The molecule has 6 nitrogen and oxygen atoms in total. The Kier molecular flexibility index (Phi) is 4.96. The van der Waals surface area contributed by atoms with Crippen LogP contribution in [0.15, 0.2) is 36.4 Å². The van der Waals surface area contributed by atoms with E-state index in [9.17, 15) is 14.0 Å². The van der Waals surface area contributed by atoms with Crippen LogP contribution in [0.1, 0.15) is 22.3 Å². The zero-order chi connectivity index (χ0) is 18.0. The third-order valence-electron chi connectivity index (χ3n) is 3.53. The van der Waals surface area contributed by atoms with E-state index >= 15 is 0 Å². The van der Waals surface area contributed by atoms with Gasteiger partial charge in [-0.1, -0.05) is 0 Å². The molecule has 1 fully saturated rings. The Morgan fingerprint density at radius 2 is 2.08 bits per heavy atom. The average Bonchev–Trinajstić information content (AvgIpc) is 3.02. The van der Waals surface area contributed by atoms with Gasteiger partial charge in [0.15, 0.2) is 0 Å². The molecule has 0 saturated carbocycles. The second-order valence-electron chi connectivity index (χ2n) is 5.20. The van der Waals surface area contributed by atoms with Gasteiger partial charge in [-0.25, -0.2) is 4.39 Å². The third kappa shape index (κ3) is 3.62. The Morgan fingerprint density at radius 1 is 1.28 bits per heavy atom. The van der Waals surface area contributed by atoms with Gasteiger partial charge < -0.3 is 5.32 Å². The Hall–Kier alpha value is -2.51. The minimum atomic E-state index is -0.666. The maximum atomic E-state index is 14.1. The van der Waals surface area contributed by atoms with Gasteiger partial charge in [-0.2, -0.15) is 5.26 Å². The molecule has 0 aromatic heterocycles. The van der Waals surface area contributed by atoms with Crippen molar-refractivity contribution in [3.05, 3.63) is 56.9 Å². The standard InChI is InChI=1S/C17H11FIN3O3/c18-13-8-11(19)2-4-14(13)21-15-7-10(9-20)1-3-12(15)17(24)22-16(23)5-6-25-22/h1-4,7-8,21H,5-6H2. The molecule has 1 heterocycles. The highest BCUT2D eigenvalue weighted by Crippen LogP contribution is 2.27. The molecule has 0 unspecified atom stereocenters. The van der Waals surface area contributed by atoms with Gasteiger partial charge >= 0.3 is 0 Å². The third-order valence-corrected chi connectivity index (χ3v) is 4.20. The van der Waals surface area contributed by atoms with E-state index in [0.717, 1.165) is 3.57 Å². The predicted octanol–water partition coefficient (Wildman–Crippen LogP) is 3.35. The summed E-state index contributed by atoms with van der Waals surface area (Å²) in [5, 5.41) is 12.6. The molecular weight excluding hydrogens is 440 g/mol. The second-order valence-corrected chi connectivity index (χ2v) is 6.44. The number of nitriles is 1. The molecule has 1 saturated heterocycles. The fraction of sp³-hybridized carbons (Fsp3) is 0.118. The monoisotopic (exact) mass is 451 g/mol. The largest absolute Gasteiger partial charge is 0.352 e. The number of carbonyl (C=O) groups excluding carboxylic acids is 2. The molecule has 0 aliphatic carbocycles. The molecule has 1 aliphatic heterocycles. The maximum absolute atomic E-state index is 14.1. The maximum Gasteiger partial charge on any atom is 0.286 e. The van der Waals surface area contributed by atoms with Gasteiger partial charge in [0, 0.05) is 3.57 Å².